The first-order valence-electron chi connectivity index (χ1n) is 7.45. The summed E-state index contributed by atoms with van der Waals surface area (Å²) in [6, 6.07) is 2.46. The van der Waals surface area contributed by atoms with Crippen LogP contribution in [0.15, 0.2) is 27.9 Å². The van der Waals surface area contributed by atoms with Gasteiger partial charge in [0.05, 0.1) is 17.7 Å². The standard InChI is InChI=1S/C16H17BrN2O5/c1-7(2)24-15(20)13-8(3)18-16(21)19-14(13)9-4-11-12(5-10(9)17)23-6-22-11/h4-5,7,14H,6H2,1-3H3,(H2,18,19,21)/t14-/m1/s1. The lowest BCUT2D eigenvalue weighted by molar-refractivity contribution is -0.143. The Balaban J connectivity index is 2.05. The van der Waals surface area contributed by atoms with Gasteiger partial charge in [0, 0.05) is 10.2 Å². The van der Waals surface area contributed by atoms with Crippen LogP contribution >= 0.6 is 15.9 Å². The summed E-state index contributed by atoms with van der Waals surface area (Å²) in [5.74, 6) is 0.692. The van der Waals surface area contributed by atoms with E-state index < -0.39 is 12.0 Å². The zero-order valence-corrected chi connectivity index (χ0v) is 15.0. The second-order valence-electron chi connectivity index (χ2n) is 5.75. The van der Waals surface area contributed by atoms with Crippen LogP contribution in [0, 0.1) is 0 Å². The van der Waals surface area contributed by atoms with Gasteiger partial charge in [0.15, 0.2) is 11.5 Å². The van der Waals surface area contributed by atoms with E-state index in [1.807, 2.05) is 0 Å². The summed E-state index contributed by atoms with van der Waals surface area (Å²) in [4.78, 5) is 24.4. The summed E-state index contributed by atoms with van der Waals surface area (Å²) in [5, 5.41) is 5.38. The summed E-state index contributed by atoms with van der Waals surface area (Å²) in [6.07, 6.45) is -0.267. The van der Waals surface area contributed by atoms with Gasteiger partial charge in [0.25, 0.3) is 0 Å². The van der Waals surface area contributed by atoms with Gasteiger partial charge in [-0.25, -0.2) is 9.59 Å². The number of esters is 1. The lowest BCUT2D eigenvalue weighted by Gasteiger charge is -2.29. The molecule has 0 saturated heterocycles. The van der Waals surface area contributed by atoms with E-state index in [4.69, 9.17) is 14.2 Å². The predicted molar refractivity (Wildman–Crippen MR) is 88.6 cm³/mol. The van der Waals surface area contributed by atoms with Gasteiger partial charge in [-0.3, -0.25) is 0 Å². The monoisotopic (exact) mass is 396 g/mol. The summed E-state index contributed by atoms with van der Waals surface area (Å²) in [6.45, 7) is 5.35. The molecule has 3 rings (SSSR count). The number of hydrogen-bond acceptors (Lipinski definition) is 5. The minimum absolute atomic E-state index is 0.140. The number of halogens is 1. The van der Waals surface area contributed by atoms with E-state index in [-0.39, 0.29) is 18.9 Å². The van der Waals surface area contributed by atoms with Gasteiger partial charge in [-0.05, 0) is 38.5 Å². The fourth-order valence-corrected chi connectivity index (χ4v) is 3.18. The number of nitrogens with one attached hydrogen (secondary N) is 2. The van der Waals surface area contributed by atoms with E-state index in [1.165, 1.54) is 0 Å². The number of carbonyl (C=O) groups is 2. The number of ether oxygens (including phenoxy) is 3. The number of fused-ring (bicyclic) bond motifs is 1. The SMILES string of the molecule is CC1=C(C(=O)OC(C)C)[C@@H](c2cc3c(cc2Br)OCO3)NC(=O)N1. The van der Waals surface area contributed by atoms with Crippen LogP contribution in [0.1, 0.15) is 32.4 Å². The minimum atomic E-state index is -0.658. The Morgan fingerprint density at radius 3 is 2.67 bits per heavy atom. The van der Waals surface area contributed by atoms with Gasteiger partial charge in [-0.1, -0.05) is 15.9 Å². The molecule has 2 amide bonds. The molecule has 0 aliphatic carbocycles. The number of amides is 2. The van der Waals surface area contributed by atoms with Crippen molar-refractivity contribution in [1.29, 1.82) is 0 Å². The Hall–Kier alpha value is -2.22. The average Bonchev–Trinajstić information content (AvgIpc) is 2.91. The molecule has 1 aromatic carbocycles. The highest BCUT2D eigenvalue weighted by Gasteiger charge is 2.34. The van der Waals surface area contributed by atoms with E-state index in [0.29, 0.717) is 32.8 Å². The van der Waals surface area contributed by atoms with Crippen molar-refractivity contribution in [2.75, 3.05) is 6.79 Å². The summed E-state index contributed by atoms with van der Waals surface area (Å²) in [5.41, 5.74) is 1.49. The van der Waals surface area contributed by atoms with Crippen LogP contribution in [0.5, 0.6) is 11.5 Å². The van der Waals surface area contributed by atoms with E-state index in [1.54, 1.807) is 32.9 Å². The van der Waals surface area contributed by atoms with Gasteiger partial charge < -0.3 is 24.8 Å². The zero-order valence-electron chi connectivity index (χ0n) is 13.4. The quantitative estimate of drug-likeness (QED) is 0.767. The highest BCUT2D eigenvalue weighted by Crippen LogP contribution is 2.41. The van der Waals surface area contributed by atoms with Crippen molar-refractivity contribution in [3.63, 3.8) is 0 Å². The molecular weight excluding hydrogens is 380 g/mol. The molecule has 1 atom stereocenters. The van der Waals surface area contributed by atoms with Crippen LogP contribution in [0.4, 0.5) is 4.79 Å². The minimum Gasteiger partial charge on any atom is -0.459 e. The molecule has 0 fully saturated rings. The van der Waals surface area contributed by atoms with Crippen molar-refractivity contribution < 1.29 is 23.8 Å². The molecule has 0 unspecified atom stereocenters. The van der Waals surface area contributed by atoms with E-state index in [0.717, 1.165) is 0 Å². The summed E-state index contributed by atoms with van der Waals surface area (Å²) < 4.78 is 16.7. The second-order valence-corrected chi connectivity index (χ2v) is 6.61. The highest BCUT2D eigenvalue weighted by molar-refractivity contribution is 9.10. The molecule has 2 N–H and O–H groups in total. The van der Waals surface area contributed by atoms with Gasteiger partial charge in [0.2, 0.25) is 6.79 Å². The van der Waals surface area contributed by atoms with Crippen LogP contribution in [0.25, 0.3) is 0 Å². The normalized spacial score (nSPS) is 19.2. The molecule has 128 valence electrons. The van der Waals surface area contributed by atoms with Gasteiger partial charge >= 0.3 is 12.0 Å². The van der Waals surface area contributed by atoms with Crippen molar-refractivity contribution in [3.8, 4) is 11.5 Å². The molecule has 0 bridgehead atoms. The molecule has 2 heterocycles. The van der Waals surface area contributed by atoms with Crippen LogP contribution in [0.2, 0.25) is 0 Å². The number of allylic oxidation sites excluding steroid dienone is 1. The Morgan fingerprint density at radius 1 is 1.33 bits per heavy atom. The first-order valence-corrected chi connectivity index (χ1v) is 8.24. The van der Waals surface area contributed by atoms with Gasteiger partial charge in [-0.15, -0.1) is 0 Å². The average molecular weight is 397 g/mol. The van der Waals surface area contributed by atoms with Crippen LogP contribution in [-0.2, 0) is 9.53 Å². The molecule has 2 aliphatic heterocycles. The van der Waals surface area contributed by atoms with Crippen molar-refractivity contribution >= 4 is 27.9 Å². The number of hydrogen-bond donors (Lipinski definition) is 2. The fourth-order valence-electron chi connectivity index (χ4n) is 2.63. The highest BCUT2D eigenvalue weighted by atomic mass is 79.9. The molecule has 0 radical (unpaired) electrons. The maximum Gasteiger partial charge on any atom is 0.338 e. The topological polar surface area (TPSA) is 85.9 Å². The fraction of sp³-hybridized carbons (Fsp3) is 0.375. The maximum absolute atomic E-state index is 12.5. The van der Waals surface area contributed by atoms with E-state index in [2.05, 4.69) is 26.6 Å². The second kappa shape index (κ2) is 6.35. The number of benzene rings is 1. The maximum atomic E-state index is 12.5. The molecule has 24 heavy (non-hydrogen) atoms. The Morgan fingerprint density at radius 2 is 2.00 bits per heavy atom. The van der Waals surface area contributed by atoms with Crippen LogP contribution in [0.3, 0.4) is 0 Å². The zero-order chi connectivity index (χ0) is 17.4. The third-order valence-electron chi connectivity index (χ3n) is 3.63. The molecule has 0 saturated carbocycles. The third kappa shape index (κ3) is 3.06. The molecule has 0 spiro atoms. The Labute approximate surface area is 147 Å². The van der Waals surface area contributed by atoms with Crippen LogP contribution < -0.4 is 20.1 Å². The largest absolute Gasteiger partial charge is 0.459 e. The van der Waals surface area contributed by atoms with E-state index in [9.17, 15) is 9.59 Å². The van der Waals surface area contributed by atoms with Crippen LogP contribution in [-0.4, -0.2) is 24.9 Å². The third-order valence-corrected chi connectivity index (χ3v) is 4.32. The number of carbonyl (C=O) groups excluding carboxylic acids is 2. The van der Waals surface area contributed by atoms with Crippen molar-refractivity contribution in [2.24, 2.45) is 0 Å². The molecule has 8 heteroatoms. The van der Waals surface area contributed by atoms with Gasteiger partial charge in [-0.2, -0.15) is 0 Å². The number of rotatable bonds is 3. The molecular formula is C16H17BrN2O5. The molecule has 7 nitrogen and oxygen atoms in total. The predicted octanol–water partition coefficient (Wildman–Crippen LogP) is 2.76. The molecule has 1 aromatic rings. The van der Waals surface area contributed by atoms with E-state index >= 15 is 0 Å². The smallest absolute Gasteiger partial charge is 0.338 e. The van der Waals surface area contributed by atoms with Crippen molar-refractivity contribution in [2.45, 2.75) is 32.9 Å². The Kier molecular flexibility index (Phi) is 4.40. The van der Waals surface area contributed by atoms with Crippen molar-refractivity contribution in [3.05, 3.63) is 33.4 Å². The first kappa shape index (κ1) is 16.6. The molecule has 0 aromatic heterocycles. The number of urea groups is 1. The lowest BCUT2D eigenvalue weighted by atomic mass is 9.95. The summed E-state index contributed by atoms with van der Waals surface area (Å²) in [7, 11) is 0. The summed E-state index contributed by atoms with van der Waals surface area (Å²) >= 11 is 3.47. The molecule has 2 aliphatic rings. The first-order chi connectivity index (χ1) is 11.4. The Bertz CT molecular complexity index is 744. The van der Waals surface area contributed by atoms with Crippen molar-refractivity contribution in [1.82, 2.24) is 10.6 Å². The lowest BCUT2D eigenvalue weighted by Crippen LogP contribution is -2.45. The van der Waals surface area contributed by atoms with Gasteiger partial charge in [0.1, 0.15) is 0 Å².